The zero-order valence-electron chi connectivity index (χ0n) is 13.3. The molecule has 0 spiro atoms. The lowest BCUT2D eigenvalue weighted by Gasteiger charge is -2.15. The highest BCUT2D eigenvalue weighted by atomic mass is 35.5. The summed E-state index contributed by atoms with van der Waals surface area (Å²) < 4.78 is 12.9. The number of pyridine rings is 1. The van der Waals surface area contributed by atoms with Crippen LogP contribution in [0.25, 0.3) is 16.6 Å². The number of ether oxygens (including phenoxy) is 2. The number of hydrogen-bond donors (Lipinski definition) is 0. The lowest BCUT2D eigenvalue weighted by Crippen LogP contribution is -2.07. The molecule has 0 fully saturated rings. The van der Waals surface area contributed by atoms with Gasteiger partial charge in [-0.15, -0.1) is 0 Å². The number of halogens is 1. The van der Waals surface area contributed by atoms with Crippen molar-refractivity contribution in [2.75, 3.05) is 14.2 Å². The molecule has 0 saturated carbocycles. The van der Waals surface area contributed by atoms with Crippen molar-refractivity contribution in [2.24, 2.45) is 0 Å². The highest BCUT2D eigenvalue weighted by Crippen LogP contribution is 2.37. The van der Waals surface area contributed by atoms with Gasteiger partial charge in [0.15, 0.2) is 5.75 Å². The quantitative estimate of drug-likeness (QED) is 0.714. The molecule has 0 aliphatic rings. The molecule has 0 N–H and O–H groups in total. The Bertz CT molecular complexity index is 845. The van der Waals surface area contributed by atoms with Gasteiger partial charge in [0.05, 0.1) is 29.8 Å². The van der Waals surface area contributed by atoms with Gasteiger partial charge < -0.3 is 9.47 Å². The molecule has 23 heavy (non-hydrogen) atoms. The van der Waals surface area contributed by atoms with Crippen LogP contribution in [0.5, 0.6) is 5.75 Å². The molecule has 0 aromatic carbocycles. The third kappa shape index (κ3) is 2.78. The summed E-state index contributed by atoms with van der Waals surface area (Å²) in [6.07, 6.45) is 4.27. The van der Waals surface area contributed by atoms with Gasteiger partial charge in [-0.05, 0) is 24.6 Å². The van der Waals surface area contributed by atoms with Gasteiger partial charge in [-0.25, -0.2) is 4.52 Å². The Labute approximate surface area is 139 Å². The molecule has 0 radical (unpaired) electrons. The van der Waals surface area contributed by atoms with Crippen LogP contribution in [0, 0.1) is 0 Å². The average Bonchev–Trinajstić information content (AvgIpc) is 2.96. The molecule has 0 saturated heterocycles. The van der Waals surface area contributed by atoms with Crippen molar-refractivity contribution >= 4 is 17.1 Å². The average molecular weight is 332 g/mol. The first kappa shape index (κ1) is 15.8. The summed E-state index contributed by atoms with van der Waals surface area (Å²) in [4.78, 5) is 4.20. The molecule has 0 unspecified atom stereocenters. The van der Waals surface area contributed by atoms with Gasteiger partial charge in [-0.3, -0.25) is 4.98 Å². The second kappa shape index (κ2) is 6.56. The molecule has 120 valence electrons. The Morgan fingerprint density at radius 3 is 2.70 bits per heavy atom. The van der Waals surface area contributed by atoms with E-state index in [1.807, 2.05) is 16.6 Å². The van der Waals surface area contributed by atoms with Crippen molar-refractivity contribution in [3.63, 3.8) is 0 Å². The second-order valence-electron chi connectivity index (χ2n) is 5.16. The zero-order chi connectivity index (χ0) is 16.4. The molecule has 6 heteroatoms. The van der Waals surface area contributed by atoms with Crippen LogP contribution < -0.4 is 4.74 Å². The minimum Gasteiger partial charge on any atom is -0.494 e. The van der Waals surface area contributed by atoms with Crippen molar-refractivity contribution in [1.29, 1.82) is 0 Å². The summed E-state index contributed by atoms with van der Waals surface area (Å²) in [5.74, 6) is 0.684. The Kier molecular flexibility index (Phi) is 4.50. The summed E-state index contributed by atoms with van der Waals surface area (Å²) in [6, 6.07) is 5.99. The van der Waals surface area contributed by atoms with E-state index in [1.54, 1.807) is 26.6 Å². The van der Waals surface area contributed by atoms with Crippen molar-refractivity contribution in [3.05, 3.63) is 47.0 Å². The van der Waals surface area contributed by atoms with E-state index in [-0.39, 0.29) is 0 Å². The normalized spacial score (nSPS) is 11.1. The molecule has 3 heterocycles. The zero-order valence-corrected chi connectivity index (χ0v) is 14.1. The lowest BCUT2D eigenvalue weighted by atomic mass is 10.1. The summed E-state index contributed by atoms with van der Waals surface area (Å²) in [7, 11) is 3.28. The number of aryl methyl sites for hydroxylation is 1. The van der Waals surface area contributed by atoms with Crippen LogP contribution in [0.1, 0.15) is 18.3 Å². The van der Waals surface area contributed by atoms with Gasteiger partial charge in [0, 0.05) is 30.8 Å². The van der Waals surface area contributed by atoms with E-state index in [1.165, 1.54) is 0 Å². The third-order valence-corrected chi connectivity index (χ3v) is 3.95. The minimum absolute atomic E-state index is 0.363. The number of fused-ring (bicyclic) bond motifs is 1. The molecule has 3 rings (SSSR count). The van der Waals surface area contributed by atoms with Crippen molar-refractivity contribution in [1.82, 2.24) is 14.6 Å². The predicted octanol–water partition coefficient (Wildman–Crippen LogP) is 3.77. The maximum absolute atomic E-state index is 6.12. The summed E-state index contributed by atoms with van der Waals surface area (Å²) in [6.45, 7) is 2.46. The molecule has 0 aliphatic carbocycles. The molecular formula is C17H18ClN3O2. The molecule has 5 nitrogen and oxygen atoms in total. The second-order valence-corrected chi connectivity index (χ2v) is 5.59. The van der Waals surface area contributed by atoms with Crippen LogP contribution in [0.2, 0.25) is 5.02 Å². The first-order valence-corrected chi connectivity index (χ1v) is 7.74. The standard InChI is InChI=1S/C17H18ClN3O2/c1-4-13-5-6-15-16(11-7-12(18)9-19-8-11)17(23-3)14(10-22-2)20-21(13)15/h5-9H,4,10H2,1-3H3. The van der Waals surface area contributed by atoms with Crippen molar-refractivity contribution < 1.29 is 9.47 Å². The number of rotatable bonds is 5. The van der Waals surface area contributed by atoms with Gasteiger partial charge >= 0.3 is 0 Å². The molecule has 3 aromatic heterocycles. The number of aromatic nitrogens is 3. The van der Waals surface area contributed by atoms with Gasteiger partial charge in [0.2, 0.25) is 0 Å². The minimum atomic E-state index is 0.363. The van der Waals surface area contributed by atoms with Gasteiger partial charge in [0.1, 0.15) is 5.69 Å². The van der Waals surface area contributed by atoms with E-state index in [4.69, 9.17) is 21.1 Å². The van der Waals surface area contributed by atoms with Crippen LogP contribution in [0.3, 0.4) is 0 Å². The van der Waals surface area contributed by atoms with Crippen LogP contribution in [0.15, 0.2) is 30.6 Å². The van der Waals surface area contributed by atoms with Crippen LogP contribution in [-0.4, -0.2) is 28.8 Å². The van der Waals surface area contributed by atoms with E-state index in [0.29, 0.717) is 17.4 Å². The number of methoxy groups -OCH3 is 2. The summed E-state index contributed by atoms with van der Waals surface area (Å²) in [5.41, 5.74) is 4.63. The molecule has 0 amide bonds. The maximum atomic E-state index is 6.12. The Balaban J connectivity index is 2.38. The molecule has 0 atom stereocenters. The highest BCUT2D eigenvalue weighted by Gasteiger charge is 2.19. The first-order valence-electron chi connectivity index (χ1n) is 7.37. The van der Waals surface area contributed by atoms with Crippen molar-refractivity contribution in [3.8, 4) is 16.9 Å². The molecule has 0 bridgehead atoms. The fourth-order valence-electron chi connectivity index (χ4n) is 2.75. The van der Waals surface area contributed by atoms with Crippen LogP contribution in [0.4, 0.5) is 0 Å². The largest absolute Gasteiger partial charge is 0.494 e. The van der Waals surface area contributed by atoms with E-state index in [2.05, 4.69) is 23.1 Å². The van der Waals surface area contributed by atoms with Gasteiger partial charge in [-0.1, -0.05) is 18.5 Å². The Hall–Kier alpha value is -2.11. The summed E-state index contributed by atoms with van der Waals surface area (Å²) >= 11 is 6.12. The van der Waals surface area contributed by atoms with Crippen molar-refractivity contribution in [2.45, 2.75) is 20.0 Å². The highest BCUT2D eigenvalue weighted by molar-refractivity contribution is 6.30. The smallest absolute Gasteiger partial charge is 0.154 e. The van der Waals surface area contributed by atoms with E-state index < -0.39 is 0 Å². The molecule has 0 aliphatic heterocycles. The van der Waals surface area contributed by atoms with E-state index >= 15 is 0 Å². The Morgan fingerprint density at radius 1 is 1.22 bits per heavy atom. The fraction of sp³-hybridized carbons (Fsp3) is 0.294. The lowest BCUT2D eigenvalue weighted by molar-refractivity contribution is 0.177. The maximum Gasteiger partial charge on any atom is 0.154 e. The van der Waals surface area contributed by atoms with E-state index in [0.717, 1.165) is 34.5 Å². The van der Waals surface area contributed by atoms with Gasteiger partial charge in [-0.2, -0.15) is 5.10 Å². The van der Waals surface area contributed by atoms with E-state index in [9.17, 15) is 0 Å². The third-order valence-electron chi connectivity index (χ3n) is 3.74. The predicted molar refractivity (Wildman–Crippen MR) is 90.1 cm³/mol. The topological polar surface area (TPSA) is 48.7 Å². The van der Waals surface area contributed by atoms with Gasteiger partial charge in [0.25, 0.3) is 0 Å². The number of hydrogen-bond acceptors (Lipinski definition) is 4. The molecule has 3 aromatic rings. The molecular weight excluding hydrogens is 314 g/mol. The Morgan fingerprint density at radius 2 is 2.04 bits per heavy atom. The van der Waals surface area contributed by atoms with Crippen LogP contribution in [-0.2, 0) is 17.8 Å². The summed E-state index contributed by atoms with van der Waals surface area (Å²) in [5, 5.41) is 5.27. The SMILES string of the molecule is CCc1ccc2c(-c3cncc(Cl)c3)c(OC)c(COC)nn12. The monoisotopic (exact) mass is 331 g/mol. The fourth-order valence-corrected chi connectivity index (χ4v) is 2.93. The van der Waals surface area contributed by atoms with Crippen LogP contribution >= 0.6 is 11.6 Å². The first-order chi connectivity index (χ1) is 11.2. The number of nitrogens with zero attached hydrogens (tertiary/aromatic N) is 3.